The standard InChI is InChI=1S/C18H15F2N5OS/c1-3-25(2)27-24-14-5-4-13(19)15(16(14)20)17(26)12-9-23-18-11(12)6-10(7-21)8-22-18/h4-6,8-9,24H,3H2,1-2H3,(H,22,23). The summed E-state index contributed by atoms with van der Waals surface area (Å²) in [5, 5.41) is 9.34. The number of fused-ring (bicyclic) bond motifs is 1. The van der Waals surface area contributed by atoms with Gasteiger partial charge in [0.2, 0.25) is 5.78 Å². The molecule has 0 bridgehead atoms. The Morgan fingerprint density at radius 2 is 2.22 bits per heavy atom. The van der Waals surface area contributed by atoms with Gasteiger partial charge in [-0.15, -0.1) is 0 Å². The van der Waals surface area contributed by atoms with E-state index in [-0.39, 0.29) is 16.8 Å². The largest absolute Gasteiger partial charge is 0.345 e. The number of hydrogen-bond acceptors (Lipinski definition) is 6. The third-order valence-electron chi connectivity index (χ3n) is 3.98. The third-order valence-corrected chi connectivity index (χ3v) is 4.86. The summed E-state index contributed by atoms with van der Waals surface area (Å²) in [6, 6.07) is 5.66. The number of aromatic nitrogens is 2. The maximum atomic E-state index is 14.8. The first-order valence-corrected chi connectivity index (χ1v) is 8.77. The Balaban J connectivity index is 2.03. The van der Waals surface area contributed by atoms with Crippen molar-refractivity contribution in [1.82, 2.24) is 14.3 Å². The van der Waals surface area contributed by atoms with Crippen LogP contribution in [0.4, 0.5) is 14.5 Å². The van der Waals surface area contributed by atoms with E-state index in [2.05, 4.69) is 14.7 Å². The van der Waals surface area contributed by atoms with Gasteiger partial charge in [0.15, 0.2) is 5.82 Å². The number of nitrogens with zero attached hydrogens (tertiary/aromatic N) is 3. The fourth-order valence-corrected chi connectivity index (χ4v) is 2.96. The molecule has 0 radical (unpaired) electrons. The molecular weight excluding hydrogens is 372 g/mol. The molecule has 0 fully saturated rings. The molecule has 27 heavy (non-hydrogen) atoms. The average Bonchev–Trinajstić information content (AvgIpc) is 3.10. The summed E-state index contributed by atoms with van der Waals surface area (Å²) >= 11 is 1.13. The van der Waals surface area contributed by atoms with Gasteiger partial charge in [0.1, 0.15) is 17.5 Å². The molecule has 3 rings (SSSR count). The number of rotatable bonds is 6. The highest BCUT2D eigenvalue weighted by atomic mass is 32.2. The molecule has 3 aromatic rings. The van der Waals surface area contributed by atoms with Crippen LogP contribution in [0.3, 0.4) is 0 Å². The van der Waals surface area contributed by atoms with Crippen molar-refractivity contribution in [2.24, 2.45) is 0 Å². The summed E-state index contributed by atoms with van der Waals surface area (Å²) in [7, 11) is 1.80. The fraction of sp³-hybridized carbons (Fsp3) is 0.167. The van der Waals surface area contributed by atoms with Gasteiger partial charge in [-0.3, -0.25) is 4.79 Å². The Labute approximate surface area is 158 Å². The number of ketones is 1. The number of nitrogens with one attached hydrogen (secondary N) is 2. The lowest BCUT2D eigenvalue weighted by atomic mass is 10.0. The van der Waals surface area contributed by atoms with Crippen molar-refractivity contribution in [1.29, 1.82) is 5.26 Å². The molecule has 0 aliphatic carbocycles. The molecule has 2 N–H and O–H groups in total. The second kappa shape index (κ2) is 7.73. The Bertz CT molecular complexity index is 1060. The average molecular weight is 387 g/mol. The fourth-order valence-electron chi connectivity index (χ4n) is 2.42. The van der Waals surface area contributed by atoms with Crippen molar-refractivity contribution in [2.45, 2.75) is 6.92 Å². The van der Waals surface area contributed by atoms with E-state index in [0.717, 1.165) is 18.2 Å². The number of carbonyl (C=O) groups excluding carboxylic acids is 1. The quantitative estimate of drug-likeness (QED) is 0.493. The van der Waals surface area contributed by atoms with Crippen LogP contribution in [0.2, 0.25) is 0 Å². The molecule has 9 heteroatoms. The molecule has 0 amide bonds. The third kappa shape index (κ3) is 3.63. The Hall–Kier alpha value is -2.96. The predicted octanol–water partition coefficient (Wildman–Crippen LogP) is 3.87. The van der Waals surface area contributed by atoms with Crippen molar-refractivity contribution in [2.75, 3.05) is 18.3 Å². The maximum absolute atomic E-state index is 14.8. The van der Waals surface area contributed by atoms with Crippen molar-refractivity contribution >= 4 is 34.6 Å². The summed E-state index contributed by atoms with van der Waals surface area (Å²) in [6.45, 7) is 2.63. The van der Waals surface area contributed by atoms with Gasteiger partial charge in [-0.1, -0.05) is 6.92 Å². The zero-order chi connectivity index (χ0) is 19.6. The van der Waals surface area contributed by atoms with E-state index in [4.69, 9.17) is 5.26 Å². The number of halogens is 2. The number of benzene rings is 1. The van der Waals surface area contributed by atoms with Gasteiger partial charge >= 0.3 is 0 Å². The summed E-state index contributed by atoms with van der Waals surface area (Å²) in [5.41, 5.74) is -0.0225. The van der Waals surface area contributed by atoms with Crippen LogP contribution in [0.5, 0.6) is 0 Å². The van der Waals surface area contributed by atoms with Crippen molar-refractivity contribution in [3.8, 4) is 6.07 Å². The zero-order valence-corrected chi connectivity index (χ0v) is 15.3. The van der Waals surface area contributed by atoms with Crippen molar-refractivity contribution in [3.05, 3.63) is 58.9 Å². The number of aromatic amines is 1. The minimum Gasteiger partial charge on any atom is -0.345 e. The second-order valence-electron chi connectivity index (χ2n) is 5.68. The van der Waals surface area contributed by atoms with Gasteiger partial charge in [-0.05, 0) is 25.2 Å². The normalized spacial score (nSPS) is 11.0. The van der Waals surface area contributed by atoms with Gasteiger partial charge in [0.05, 0.1) is 16.8 Å². The lowest BCUT2D eigenvalue weighted by Crippen LogP contribution is -2.13. The minimum atomic E-state index is -0.976. The van der Waals surface area contributed by atoms with Crippen molar-refractivity contribution < 1.29 is 13.6 Å². The highest BCUT2D eigenvalue weighted by Gasteiger charge is 2.24. The molecular formula is C18H15F2N5OS. The number of nitriles is 1. The smallest absolute Gasteiger partial charge is 0.201 e. The predicted molar refractivity (Wildman–Crippen MR) is 100 cm³/mol. The van der Waals surface area contributed by atoms with Gasteiger partial charge in [-0.2, -0.15) is 5.26 Å². The molecule has 0 saturated carbocycles. The van der Waals surface area contributed by atoms with Crippen LogP contribution in [0.15, 0.2) is 30.6 Å². The molecule has 0 atom stereocenters. The van der Waals surface area contributed by atoms with E-state index in [0.29, 0.717) is 17.6 Å². The van der Waals surface area contributed by atoms with E-state index in [1.54, 1.807) is 11.4 Å². The van der Waals surface area contributed by atoms with E-state index in [1.807, 2.05) is 13.0 Å². The first-order valence-electron chi connectivity index (χ1n) is 8.00. The summed E-state index contributed by atoms with van der Waals surface area (Å²) in [6.07, 6.45) is 2.68. The molecule has 1 aromatic carbocycles. The summed E-state index contributed by atoms with van der Waals surface area (Å²) in [4.78, 5) is 19.7. The molecule has 138 valence electrons. The van der Waals surface area contributed by atoms with Gasteiger partial charge in [0.25, 0.3) is 0 Å². The maximum Gasteiger partial charge on any atom is 0.201 e. The number of H-pyrrole nitrogens is 1. The number of carbonyl (C=O) groups is 1. The molecule has 0 aliphatic rings. The molecule has 6 nitrogen and oxygen atoms in total. The minimum absolute atomic E-state index is 0.000676. The molecule has 0 saturated heterocycles. The Morgan fingerprint density at radius 1 is 1.44 bits per heavy atom. The Kier molecular flexibility index (Phi) is 5.39. The number of hydrogen-bond donors (Lipinski definition) is 2. The summed E-state index contributed by atoms with van der Waals surface area (Å²) in [5.74, 6) is -2.77. The van der Waals surface area contributed by atoms with Gasteiger partial charge in [0, 0.05) is 42.0 Å². The van der Waals surface area contributed by atoms with Gasteiger partial charge < -0.3 is 9.71 Å². The molecule has 0 spiro atoms. The van der Waals surface area contributed by atoms with Crippen molar-refractivity contribution in [3.63, 3.8) is 0 Å². The van der Waals surface area contributed by atoms with Crippen LogP contribution in [0, 0.1) is 23.0 Å². The van der Waals surface area contributed by atoms with E-state index in [9.17, 15) is 13.6 Å². The first kappa shape index (κ1) is 18.8. The molecule has 2 aromatic heterocycles. The molecule has 0 aliphatic heterocycles. The highest BCUT2D eigenvalue weighted by molar-refractivity contribution is 7.98. The highest BCUT2D eigenvalue weighted by Crippen LogP contribution is 2.28. The number of pyridine rings is 1. The van der Waals surface area contributed by atoms with Crippen LogP contribution < -0.4 is 4.72 Å². The van der Waals surface area contributed by atoms with E-state index >= 15 is 0 Å². The van der Waals surface area contributed by atoms with Gasteiger partial charge in [-0.25, -0.2) is 18.1 Å². The SMILES string of the molecule is CCN(C)SNc1ccc(F)c(C(=O)c2c[nH]c3ncc(C#N)cc23)c1F. The van der Waals surface area contributed by atoms with E-state index in [1.165, 1.54) is 24.5 Å². The number of anilines is 1. The lowest BCUT2D eigenvalue weighted by molar-refractivity contribution is 0.103. The van der Waals surface area contributed by atoms with Crippen LogP contribution in [-0.2, 0) is 0 Å². The molecule has 0 unspecified atom stereocenters. The monoisotopic (exact) mass is 387 g/mol. The summed E-state index contributed by atoms with van der Waals surface area (Å²) < 4.78 is 33.7. The lowest BCUT2D eigenvalue weighted by Gasteiger charge is -2.15. The van der Waals surface area contributed by atoms with Crippen LogP contribution in [0.1, 0.15) is 28.4 Å². The van der Waals surface area contributed by atoms with Crippen LogP contribution >= 0.6 is 12.1 Å². The first-order chi connectivity index (χ1) is 13.0. The van der Waals surface area contributed by atoms with Crippen LogP contribution in [-0.4, -0.2) is 33.6 Å². The zero-order valence-electron chi connectivity index (χ0n) is 14.5. The molecule has 2 heterocycles. The Morgan fingerprint density at radius 3 is 2.93 bits per heavy atom. The second-order valence-corrected chi connectivity index (χ2v) is 6.69. The van der Waals surface area contributed by atoms with E-state index < -0.39 is 23.0 Å². The van der Waals surface area contributed by atoms with Crippen LogP contribution in [0.25, 0.3) is 11.0 Å². The topological polar surface area (TPSA) is 84.8 Å².